The Morgan fingerprint density at radius 2 is 1.79 bits per heavy atom. The number of esters is 1. The second-order valence-corrected chi connectivity index (χ2v) is 9.53. The van der Waals surface area contributed by atoms with Crippen molar-refractivity contribution < 1.29 is 33.0 Å². The van der Waals surface area contributed by atoms with Crippen LogP contribution in [0.15, 0.2) is 47.6 Å². The minimum atomic E-state index is -0.986. The van der Waals surface area contributed by atoms with Crippen LogP contribution in [0.5, 0.6) is 11.5 Å². The molecule has 1 aliphatic rings. The highest BCUT2D eigenvalue weighted by atomic mass is 32.1. The minimum Gasteiger partial charge on any atom is -0.493 e. The van der Waals surface area contributed by atoms with E-state index < -0.39 is 17.8 Å². The third-order valence-electron chi connectivity index (χ3n) is 5.96. The van der Waals surface area contributed by atoms with E-state index in [0.717, 1.165) is 35.3 Å². The molecule has 0 spiro atoms. The monoisotopic (exact) mass is 539 g/mol. The number of nitrogens with zero attached hydrogens (tertiary/aromatic N) is 1. The quantitative estimate of drug-likeness (QED) is 0.192. The van der Waals surface area contributed by atoms with Crippen molar-refractivity contribution in [3.8, 4) is 11.5 Å². The zero-order valence-corrected chi connectivity index (χ0v) is 21.9. The largest absolute Gasteiger partial charge is 0.493 e. The summed E-state index contributed by atoms with van der Waals surface area (Å²) in [5.74, 6) is -1.90. The lowest BCUT2D eigenvalue weighted by Gasteiger charge is -2.12. The first-order valence-electron chi connectivity index (χ1n) is 11.7. The van der Waals surface area contributed by atoms with Crippen LogP contribution in [0.2, 0.25) is 0 Å². The van der Waals surface area contributed by atoms with Crippen LogP contribution in [0, 0.1) is 5.82 Å². The molecule has 2 aromatic carbocycles. The Hall–Kier alpha value is -4.25. The number of amides is 2. The Morgan fingerprint density at radius 3 is 2.50 bits per heavy atom. The topological polar surface area (TPSA) is 115 Å². The van der Waals surface area contributed by atoms with E-state index in [1.54, 1.807) is 37.3 Å². The zero-order valence-electron chi connectivity index (χ0n) is 21.1. The van der Waals surface area contributed by atoms with Crippen molar-refractivity contribution in [2.75, 3.05) is 19.5 Å². The molecular weight excluding hydrogens is 513 g/mol. The van der Waals surface area contributed by atoms with Gasteiger partial charge in [0.25, 0.3) is 0 Å². The molecule has 4 rings (SSSR count). The number of aryl methyl sites for hydroxylation is 1. The second kappa shape index (κ2) is 11.9. The first-order chi connectivity index (χ1) is 18.3. The van der Waals surface area contributed by atoms with E-state index in [1.807, 2.05) is 0 Å². The summed E-state index contributed by atoms with van der Waals surface area (Å²) in [4.78, 5) is 38.2. The average Bonchev–Trinajstić information content (AvgIpc) is 3.51. The van der Waals surface area contributed by atoms with Crippen LogP contribution in [0.1, 0.15) is 45.3 Å². The van der Waals surface area contributed by atoms with Gasteiger partial charge in [0.15, 0.2) is 11.5 Å². The summed E-state index contributed by atoms with van der Waals surface area (Å²) in [7, 11) is 2.77. The fourth-order valence-electron chi connectivity index (χ4n) is 3.97. The minimum absolute atomic E-state index is 0.221. The summed E-state index contributed by atoms with van der Waals surface area (Å²) in [5.41, 5.74) is 5.25. The van der Waals surface area contributed by atoms with Crippen LogP contribution >= 0.6 is 11.3 Å². The van der Waals surface area contributed by atoms with Gasteiger partial charge >= 0.3 is 17.8 Å². The number of halogens is 1. The van der Waals surface area contributed by atoms with Crippen molar-refractivity contribution in [1.29, 1.82) is 0 Å². The van der Waals surface area contributed by atoms with Crippen molar-refractivity contribution in [1.82, 2.24) is 5.43 Å². The highest BCUT2D eigenvalue weighted by molar-refractivity contribution is 7.17. The molecule has 0 bridgehead atoms. The second-order valence-electron chi connectivity index (χ2n) is 8.43. The van der Waals surface area contributed by atoms with Crippen molar-refractivity contribution in [3.05, 3.63) is 75.4 Å². The van der Waals surface area contributed by atoms with Gasteiger partial charge in [0.2, 0.25) is 0 Å². The van der Waals surface area contributed by atoms with E-state index in [9.17, 15) is 18.8 Å². The third-order valence-corrected chi connectivity index (χ3v) is 7.17. The lowest BCUT2D eigenvalue weighted by molar-refractivity contribution is -0.136. The lowest BCUT2D eigenvalue weighted by atomic mass is 10.1. The molecule has 38 heavy (non-hydrogen) atoms. The van der Waals surface area contributed by atoms with E-state index in [-0.39, 0.29) is 12.4 Å². The SMILES string of the molecule is COC(=O)c1c(NC(=O)C(=O)NN=C(C)c2ccc(OCc3ccc(F)cc3)c(OC)c2)sc2c1CCC2. The summed E-state index contributed by atoms with van der Waals surface area (Å²) >= 11 is 1.28. The number of thiophene rings is 1. The number of hydrogen-bond donors (Lipinski definition) is 2. The number of hydrogen-bond acceptors (Lipinski definition) is 8. The Bertz CT molecular complexity index is 1400. The number of carbonyl (C=O) groups excluding carboxylic acids is 3. The summed E-state index contributed by atoms with van der Waals surface area (Å²) in [6.45, 7) is 1.88. The van der Waals surface area contributed by atoms with Crippen LogP contribution in [-0.2, 0) is 33.8 Å². The Morgan fingerprint density at radius 1 is 1.03 bits per heavy atom. The van der Waals surface area contributed by atoms with Crippen LogP contribution in [0.25, 0.3) is 0 Å². The highest BCUT2D eigenvalue weighted by Gasteiger charge is 2.29. The van der Waals surface area contributed by atoms with Gasteiger partial charge in [0, 0.05) is 10.4 Å². The van der Waals surface area contributed by atoms with Crippen LogP contribution < -0.4 is 20.2 Å². The van der Waals surface area contributed by atoms with Gasteiger partial charge in [-0.15, -0.1) is 11.3 Å². The summed E-state index contributed by atoms with van der Waals surface area (Å²) in [6.07, 6.45) is 2.47. The number of nitrogens with one attached hydrogen (secondary N) is 2. The Kier molecular flexibility index (Phi) is 8.37. The average molecular weight is 540 g/mol. The highest BCUT2D eigenvalue weighted by Crippen LogP contribution is 2.39. The molecule has 3 aromatic rings. The Balaban J connectivity index is 1.40. The number of methoxy groups -OCH3 is 2. The van der Waals surface area contributed by atoms with Crippen molar-refractivity contribution in [2.45, 2.75) is 32.8 Å². The van der Waals surface area contributed by atoms with Crippen molar-refractivity contribution in [3.63, 3.8) is 0 Å². The van der Waals surface area contributed by atoms with Gasteiger partial charge in [-0.3, -0.25) is 9.59 Å². The number of fused-ring (bicyclic) bond motifs is 1. The molecule has 9 nitrogen and oxygen atoms in total. The number of ether oxygens (including phenoxy) is 3. The van der Waals surface area contributed by atoms with Gasteiger partial charge in [0.05, 0.1) is 25.5 Å². The molecule has 2 N–H and O–H groups in total. The normalized spacial score (nSPS) is 12.5. The molecule has 1 heterocycles. The maximum atomic E-state index is 13.1. The fourth-order valence-corrected chi connectivity index (χ4v) is 5.25. The molecule has 11 heteroatoms. The van der Waals surface area contributed by atoms with E-state index in [0.29, 0.717) is 33.3 Å². The van der Waals surface area contributed by atoms with Crippen molar-refractivity contribution in [2.24, 2.45) is 5.10 Å². The molecule has 0 atom stereocenters. The third kappa shape index (κ3) is 6.00. The predicted molar refractivity (Wildman–Crippen MR) is 140 cm³/mol. The summed E-state index contributed by atoms with van der Waals surface area (Å²) in [6, 6.07) is 11.1. The molecule has 1 aromatic heterocycles. The molecule has 0 aliphatic heterocycles. The molecule has 0 saturated heterocycles. The molecule has 198 valence electrons. The molecule has 0 unspecified atom stereocenters. The zero-order chi connectivity index (χ0) is 27.2. The van der Waals surface area contributed by atoms with Gasteiger partial charge < -0.3 is 19.5 Å². The van der Waals surface area contributed by atoms with E-state index >= 15 is 0 Å². The van der Waals surface area contributed by atoms with Gasteiger partial charge in [-0.05, 0) is 67.6 Å². The number of carbonyl (C=O) groups is 3. The molecule has 0 saturated carbocycles. The standard InChI is InChI=1S/C27H26FN3O6S/c1-15(17-9-12-20(21(13-17)35-2)37-14-16-7-10-18(28)11-8-16)30-31-25(33)24(32)29-26-23(27(34)36-3)19-5-4-6-22(19)38-26/h7-13H,4-6,14H2,1-3H3,(H,29,32)(H,31,33). The van der Waals surface area contributed by atoms with Gasteiger partial charge in [-0.25, -0.2) is 14.6 Å². The van der Waals surface area contributed by atoms with Crippen LogP contribution in [-0.4, -0.2) is 37.7 Å². The van der Waals surface area contributed by atoms with Crippen molar-refractivity contribution >= 4 is 39.8 Å². The number of anilines is 1. The first kappa shape index (κ1) is 26.8. The number of hydrazone groups is 1. The number of rotatable bonds is 8. The molecule has 0 radical (unpaired) electrons. The maximum absolute atomic E-state index is 13.1. The Labute approximate surface area is 222 Å². The molecule has 0 fully saturated rings. The number of benzene rings is 2. The molecule has 1 aliphatic carbocycles. The van der Waals surface area contributed by atoms with Gasteiger partial charge in [-0.2, -0.15) is 5.10 Å². The van der Waals surface area contributed by atoms with E-state index in [2.05, 4.69) is 15.8 Å². The molecule has 2 amide bonds. The maximum Gasteiger partial charge on any atom is 0.341 e. The van der Waals surface area contributed by atoms with Gasteiger partial charge in [-0.1, -0.05) is 12.1 Å². The van der Waals surface area contributed by atoms with Crippen LogP contribution in [0.3, 0.4) is 0 Å². The van der Waals surface area contributed by atoms with Crippen LogP contribution in [0.4, 0.5) is 9.39 Å². The van der Waals surface area contributed by atoms with E-state index in [1.165, 1.54) is 37.7 Å². The molecular formula is C27H26FN3O6S. The van der Waals surface area contributed by atoms with Gasteiger partial charge in [0.1, 0.15) is 17.4 Å². The first-order valence-corrected chi connectivity index (χ1v) is 12.6. The summed E-state index contributed by atoms with van der Waals surface area (Å²) in [5, 5.41) is 6.83. The summed E-state index contributed by atoms with van der Waals surface area (Å²) < 4.78 is 29.2. The smallest absolute Gasteiger partial charge is 0.341 e. The van der Waals surface area contributed by atoms with E-state index in [4.69, 9.17) is 14.2 Å². The predicted octanol–water partition coefficient (Wildman–Crippen LogP) is 4.23. The lowest BCUT2D eigenvalue weighted by Crippen LogP contribution is -2.33. The fraction of sp³-hybridized carbons (Fsp3) is 0.259.